The number of likely N-dealkylation sites (tertiary alicyclic amines) is 1. The first-order valence-electron chi connectivity index (χ1n) is 9.85. The molecule has 0 bridgehead atoms. The number of hydrogen-bond donors (Lipinski definition) is 2. The molecule has 1 amide bonds. The van der Waals surface area contributed by atoms with E-state index in [0.29, 0.717) is 10.7 Å². The number of aromatic amines is 1. The first kappa shape index (κ1) is 20.5. The van der Waals surface area contributed by atoms with Gasteiger partial charge in [0.2, 0.25) is 5.91 Å². The number of piperidine rings is 1. The zero-order valence-corrected chi connectivity index (χ0v) is 18.8. The van der Waals surface area contributed by atoms with E-state index in [4.69, 9.17) is 12.2 Å². The molecule has 0 aliphatic carbocycles. The van der Waals surface area contributed by atoms with Gasteiger partial charge in [0.25, 0.3) is 0 Å². The molecule has 3 aromatic rings. The second-order valence-corrected chi connectivity index (χ2v) is 9.79. The van der Waals surface area contributed by atoms with Gasteiger partial charge in [0.05, 0.1) is 4.88 Å². The Hall–Kier alpha value is -1.81. The Morgan fingerprint density at radius 1 is 1.31 bits per heavy atom. The molecular formula is C20H25N5OS3. The van der Waals surface area contributed by atoms with Crippen molar-refractivity contribution in [2.75, 3.05) is 19.6 Å². The Labute approximate surface area is 183 Å². The highest BCUT2D eigenvalue weighted by Crippen LogP contribution is 2.26. The van der Waals surface area contributed by atoms with Crippen LogP contribution in [0.4, 0.5) is 0 Å². The standard InChI is InChI=1S/C20H25N5OS3/c1-14(25-18(22-23-20(25)27)17-5-3-11-29-17)19(26)21-12-15-6-8-24(9-7-15)13-16-4-2-10-28-16/h2-5,10-11,14-15H,6-9,12-13H2,1H3,(H,21,26)(H,23,27). The van der Waals surface area contributed by atoms with Crippen LogP contribution in [0.1, 0.15) is 30.7 Å². The molecule has 0 saturated carbocycles. The minimum atomic E-state index is -0.405. The summed E-state index contributed by atoms with van der Waals surface area (Å²) >= 11 is 8.78. The number of H-pyrrole nitrogens is 1. The van der Waals surface area contributed by atoms with Gasteiger partial charge in [-0.15, -0.1) is 22.7 Å². The number of aromatic nitrogens is 3. The Bertz CT molecular complexity index is 968. The average Bonchev–Trinajstić information content (AvgIpc) is 3.48. The monoisotopic (exact) mass is 447 g/mol. The molecule has 9 heteroatoms. The molecule has 29 heavy (non-hydrogen) atoms. The zero-order chi connectivity index (χ0) is 20.2. The van der Waals surface area contributed by atoms with Crippen LogP contribution >= 0.6 is 34.9 Å². The van der Waals surface area contributed by atoms with Gasteiger partial charge in [-0.05, 0) is 73.9 Å². The number of carbonyl (C=O) groups is 1. The fourth-order valence-electron chi connectivity index (χ4n) is 3.73. The summed E-state index contributed by atoms with van der Waals surface area (Å²) in [6, 6.07) is 7.86. The molecule has 1 aliphatic heterocycles. The summed E-state index contributed by atoms with van der Waals surface area (Å²) in [7, 11) is 0. The van der Waals surface area contributed by atoms with Crippen LogP contribution in [0.15, 0.2) is 35.0 Å². The maximum Gasteiger partial charge on any atom is 0.242 e. The fourth-order valence-corrected chi connectivity index (χ4v) is 5.47. The largest absolute Gasteiger partial charge is 0.354 e. The summed E-state index contributed by atoms with van der Waals surface area (Å²) in [6.07, 6.45) is 2.23. The van der Waals surface area contributed by atoms with Gasteiger partial charge in [-0.25, -0.2) is 0 Å². The van der Waals surface area contributed by atoms with Crippen LogP contribution in [0.5, 0.6) is 0 Å². The van der Waals surface area contributed by atoms with E-state index in [9.17, 15) is 4.79 Å². The van der Waals surface area contributed by atoms with E-state index >= 15 is 0 Å². The first-order chi connectivity index (χ1) is 14.1. The van der Waals surface area contributed by atoms with Gasteiger partial charge in [0, 0.05) is 18.0 Å². The van der Waals surface area contributed by atoms with Crippen LogP contribution in [0.3, 0.4) is 0 Å². The van der Waals surface area contributed by atoms with Crippen molar-refractivity contribution in [1.82, 2.24) is 25.0 Å². The zero-order valence-electron chi connectivity index (χ0n) is 16.3. The van der Waals surface area contributed by atoms with E-state index < -0.39 is 6.04 Å². The van der Waals surface area contributed by atoms with Gasteiger partial charge in [-0.1, -0.05) is 12.1 Å². The minimum Gasteiger partial charge on any atom is -0.354 e. The molecule has 1 atom stereocenters. The predicted molar refractivity (Wildman–Crippen MR) is 121 cm³/mol. The summed E-state index contributed by atoms with van der Waals surface area (Å²) in [5, 5.41) is 14.4. The van der Waals surface area contributed by atoms with Gasteiger partial charge in [-0.2, -0.15) is 5.10 Å². The first-order valence-corrected chi connectivity index (χ1v) is 12.0. The number of amides is 1. The van der Waals surface area contributed by atoms with Gasteiger partial charge in [0.1, 0.15) is 6.04 Å². The van der Waals surface area contributed by atoms with E-state index in [1.807, 2.05) is 35.8 Å². The third-order valence-corrected chi connectivity index (χ3v) is 7.46. The molecule has 4 heterocycles. The SMILES string of the molecule is CC(C(=O)NCC1CCN(Cc2cccs2)CC1)n1c(-c2cccs2)n[nH]c1=S. The number of thiophene rings is 2. The molecule has 0 aromatic carbocycles. The normalized spacial score (nSPS) is 16.7. The fraction of sp³-hybridized carbons (Fsp3) is 0.450. The van der Waals surface area contributed by atoms with Crippen molar-refractivity contribution in [1.29, 1.82) is 0 Å². The van der Waals surface area contributed by atoms with Crippen molar-refractivity contribution >= 4 is 40.8 Å². The maximum absolute atomic E-state index is 12.8. The smallest absolute Gasteiger partial charge is 0.242 e. The van der Waals surface area contributed by atoms with Gasteiger partial charge in [0.15, 0.2) is 10.6 Å². The van der Waals surface area contributed by atoms with Crippen molar-refractivity contribution in [2.45, 2.75) is 32.4 Å². The molecule has 1 aliphatic rings. The highest BCUT2D eigenvalue weighted by atomic mass is 32.1. The summed E-state index contributed by atoms with van der Waals surface area (Å²) in [4.78, 5) is 17.7. The molecule has 2 N–H and O–H groups in total. The molecular weight excluding hydrogens is 422 g/mol. The Morgan fingerprint density at radius 2 is 2.07 bits per heavy atom. The van der Waals surface area contributed by atoms with E-state index in [0.717, 1.165) is 49.7 Å². The van der Waals surface area contributed by atoms with Crippen LogP contribution in [-0.4, -0.2) is 45.2 Å². The highest BCUT2D eigenvalue weighted by molar-refractivity contribution is 7.71. The lowest BCUT2D eigenvalue weighted by atomic mass is 9.96. The number of nitrogens with zero attached hydrogens (tertiary/aromatic N) is 3. The Balaban J connectivity index is 1.29. The molecule has 6 nitrogen and oxygen atoms in total. The van der Waals surface area contributed by atoms with Crippen LogP contribution in [0.25, 0.3) is 10.7 Å². The van der Waals surface area contributed by atoms with Crippen LogP contribution in [0.2, 0.25) is 0 Å². The van der Waals surface area contributed by atoms with Crippen LogP contribution in [0, 0.1) is 10.7 Å². The van der Waals surface area contributed by atoms with Crippen LogP contribution < -0.4 is 5.32 Å². The lowest BCUT2D eigenvalue weighted by molar-refractivity contribution is -0.124. The van der Waals surface area contributed by atoms with Crippen LogP contribution in [-0.2, 0) is 11.3 Å². The molecule has 0 radical (unpaired) electrons. The number of hydrogen-bond acceptors (Lipinski definition) is 6. The third kappa shape index (κ3) is 4.85. The van der Waals surface area contributed by atoms with E-state index in [1.54, 1.807) is 15.9 Å². The van der Waals surface area contributed by atoms with Crippen molar-refractivity contribution in [3.8, 4) is 10.7 Å². The lowest BCUT2D eigenvalue weighted by Crippen LogP contribution is -2.40. The molecule has 1 unspecified atom stereocenters. The summed E-state index contributed by atoms with van der Waals surface area (Å²) in [5.74, 6) is 1.23. The molecule has 3 aromatic heterocycles. The molecule has 154 valence electrons. The van der Waals surface area contributed by atoms with E-state index in [2.05, 4.69) is 37.9 Å². The maximum atomic E-state index is 12.8. The minimum absolute atomic E-state index is 0.0127. The van der Waals surface area contributed by atoms with Crippen molar-refractivity contribution in [2.24, 2.45) is 5.92 Å². The quantitative estimate of drug-likeness (QED) is 0.530. The summed E-state index contributed by atoms with van der Waals surface area (Å²) < 4.78 is 2.28. The second kappa shape index (κ2) is 9.34. The number of rotatable bonds is 7. The van der Waals surface area contributed by atoms with E-state index in [-0.39, 0.29) is 5.91 Å². The topological polar surface area (TPSA) is 66.0 Å². The molecule has 1 saturated heterocycles. The Kier molecular flexibility index (Phi) is 6.59. The number of carbonyl (C=O) groups excluding carboxylic acids is 1. The van der Waals surface area contributed by atoms with Gasteiger partial charge < -0.3 is 5.32 Å². The highest BCUT2D eigenvalue weighted by Gasteiger charge is 2.24. The van der Waals surface area contributed by atoms with E-state index in [1.165, 1.54) is 4.88 Å². The molecule has 1 fully saturated rings. The van der Waals surface area contributed by atoms with Gasteiger partial charge >= 0.3 is 0 Å². The molecule has 0 spiro atoms. The predicted octanol–water partition coefficient (Wildman–Crippen LogP) is 4.32. The lowest BCUT2D eigenvalue weighted by Gasteiger charge is -2.31. The van der Waals surface area contributed by atoms with Gasteiger partial charge in [-0.3, -0.25) is 19.4 Å². The second-order valence-electron chi connectivity index (χ2n) is 7.42. The third-order valence-electron chi connectivity index (χ3n) is 5.44. The number of nitrogens with one attached hydrogen (secondary N) is 2. The van der Waals surface area contributed by atoms with Crippen molar-refractivity contribution in [3.05, 3.63) is 44.7 Å². The average molecular weight is 448 g/mol. The van der Waals surface area contributed by atoms with Crippen molar-refractivity contribution < 1.29 is 4.79 Å². The summed E-state index contributed by atoms with van der Waals surface area (Å²) in [5.41, 5.74) is 0. The molecule has 4 rings (SSSR count). The van der Waals surface area contributed by atoms with Crippen molar-refractivity contribution in [3.63, 3.8) is 0 Å². The Morgan fingerprint density at radius 3 is 2.76 bits per heavy atom. The summed E-state index contributed by atoms with van der Waals surface area (Å²) in [6.45, 7) is 5.81.